The van der Waals surface area contributed by atoms with Crippen molar-refractivity contribution in [1.82, 2.24) is 0 Å². The molecule has 0 heterocycles. The van der Waals surface area contributed by atoms with Crippen molar-refractivity contribution < 1.29 is 128 Å². The molecule has 30 heteroatoms. The highest BCUT2D eigenvalue weighted by Gasteiger charge is 2.52. The molecule has 0 atom stereocenters. The average molecular weight is 1080 g/mol. The third-order valence-corrected chi connectivity index (χ3v) is 11.2. The van der Waals surface area contributed by atoms with Crippen molar-refractivity contribution >= 4 is 71.1 Å². The van der Waals surface area contributed by atoms with Crippen LogP contribution in [0.1, 0.15) is 0 Å². The lowest BCUT2D eigenvalue weighted by Gasteiger charge is -2.45. The number of halogens is 28. The van der Waals surface area contributed by atoms with E-state index in [1.807, 2.05) is 0 Å². The highest BCUT2D eigenvalue weighted by molar-refractivity contribution is 7.20. The van der Waals surface area contributed by atoms with E-state index < -0.39 is 234 Å². The zero-order valence-electron chi connectivity index (χ0n) is 34.7. The Morgan fingerprint density at radius 2 is 0.260 bits per heavy atom. The van der Waals surface area contributed by atoms with Gasteiger partial charge in [0.05, 0.1) is 64.2 Å². The van der Waals surface area contributed by atoms with Gasteiger partial charge in [0, 0.05) is 0 Å². The Bertz CT molecular complexity index is 3340. The minimum atomic E-state index is -7.99. The number of nitrogens with one attached hydrogen (secondary N) is 1. The number of fused-ring (bicyclic) bond motifs is 4. The van der Waals surface area contributed by atoms with Gasteiger partial charge in [0.25, 0.3) is 0 Å². The van der Waals surface area contributed by atoms with Gasteiger partial charge < -0.3 is 4.90 Å². The van der Waals surface area contributed by atoms with Crippen molar-refractivity contribution in [3.8, 4) is 0 Å². The lowest BCUT2D eigenvalue weighted by Crippen LogP contribution is -3.02. The van der Waals surface area contributed by atoms with Crippen LogP contribution in [0, 0.1) is 163 Å². The van der Waals surface area contributed by atoms with Crippen LogP contribution in [0.15, 0.2) is 0 Å². The maximum atomic E-state index is 17.4. The van der Waals surface area contributed by atoms with E-state index in [9.17, 15) is 35.1 Å². The Morgan fingerprint density at radius 3 is 0.384 bits per heavy atom. The Hall–Kier alpha value is -7.14. The summed E-state index contributed by atoms with van der Waals surface area (Å²) in [7, 11) is 6.25. The van der Waals surface area contributed by atoms with Crippen LogP contribution in [0.3, 0.4) is 0 Å². The Kier molecular flexibility index (Phi) is 13.1. The summed E-state index contributed by atoms with van der Waals surface area (Å²) in [6.07, 6.45) is -7.99. The number of quaternary nitrogens is 1. The second kappa shape index (κ2) is 17.8. The molecule has 0 unspecified atom stereocenters. The van der Waals surface area contributed by atoms with Gasteiger partial charge in [-0.2, -0.15) is 0 Å². The van der Waals surface area contributed by atoms with Crippen molar-refractivity contribution in [2.45, 2.75) is 0 Å². The van der Waals surface area contributed by atoms with Crippen molar-refractivity contribution in [3.05, 3.63) is 163 Å². The van der Waals surface area contributed by atoms with Crippen LogP contribution < -0.4 is 26.8 Å². The molecule has 0 aromatic heterocycles. The van der Waals surface area contributed by atoms with Crippen molar-refractivity contribution in [3.63, 3.8) is 0 Å². The Labute approximate surface area is 382 Å². The maximum absolute atomic E-state index is 17.4. The zero-order chi connectivity index (χ0) is 55.2. The van der Waals surface area contributed by atoms with Gasteiger partial charge in [-0.15, -0.1) is 21.9 Å². The maximum Gasteiger partial charge on any atom is 0.198 e. The summed E-state index contributed by atoms with van der Waals surface area (Å²) >= 11 is 0. The highest BCUT2D eigenvalue weighted by atomic mass is 19.2. The molecule has 0 aliphatic carbocycles. The van der Waals surface area contributed by atoms with Crippen LogP contribution in [0.4, 0.5) is 123 Å². The van der Waals surface area contributed by atoms with E-state index in [2.05, 4.69) is 21.1 Å². The van der Waals surface area contributed by atoms with Gasteiger partial charge in [-0.25, -0.2) is 123 Å². The van der Waals surface area contributed by atoms with E-state index in [0.29, 0.717) is 0 Å². The number of rotatable bonds is 4. The van der Waals surface area contributed by atoms with Crippen LogP contribution in [0.25, 0.3) is 43.1 Å². The highest BCUT2D eigenvalue weighted by Crippen LogP contribution is 2.41. The normalized spacial score (nSPS) is 12.2. The fourth-order valence-corrected chi connectivity index (χ4v) is 8.40. The van der Waals surface area contributed by atoms with E-state index in [1.165, 1.54) is 4.90 Å². The van der Waals surface area contributed by atoms with Crippen molar-refractivity contribution in [2.75, 3.05) is 21.1 Å². The van der Waals surface area contributed by atoms with Gasteiger partial charge in [-0.1, -0.05) is 0 Å². The number of hydrogen-bond donors (Lipinski definition) is 1. The van der Waals surface area contributed by atoms with Crippen molar-refractivity contribution in [2.24, 2.45) is 0 Å². The summed E-state index contributed by atoms with van der Waals surface area (Å²) in [4.78, 5) is 1.42. The van der Waals surface area contributed by atoms with Gasteiger partial charge in [-0.05, 0) is 0 Å². The van der Waals surface area contributed by atoms with Gasteiger partial charge in [0.1, 0.15) is 52.7 Å². The topological polar surface area (TPSA) is 4.44 Å². The lowest BCUT2D eigenvalue weighted by molar-refractivity contribution is -0.836. The van der Waals surface area contributed by atoms with Crippen LogP contribution in [-0.4, -0.2) is 27.3 Å². The van der Waals surface area contributed by atoms with Gasteiger partial charge >= 0.3 is 0 Å². The molecule has 8 rings (SSSR count). The smallest absolute Gasteiger partial charge is 0.198 e. The number of benzene rings is 8. The third-order valence-electron chi connectivity index (χ3n) is 11.2. The third kappa shape index (κ3) is 6.89. The van der Waals surface area contributed by atoms with E-state index >= 15 is 87.8 Å². The Balaban J connectivity index is 0.00000188. The molecular formula is C43H10BF28N. The molecule has 0 spiro atoms. The van der Waals surface area contributed by atoms with Gasteiger partial charge in [0.15, 0.2) is 116 Å². The van der Waals surface area contributed by atoms with E-state index in [1.54, 1.807) is 0 Å². The summed E-state index contributed by atoms with van der Waals surface area (Å²) in [6, 6.07) is 0. The first kappa shape index (κ1) is 53.7. The fourth-order valence-electron chi connectivity index (χ4n) is 8.40. The minimum absolute atomic E-state index is 1.42. The molecule has 0 radical (unpaired) electrons. The first-order valence-electron chi connectivity index (χ1n) is 18.9. The second-order valence-electron chi connectivity index (χ2n) is 15.8. The van der Waals surface area contributed by atoms with Crippen LogP contribution in [-0.2, 0) is 0 Å². The molecule has 1 nitrogen and oxygen atoms in total. The van der Waals surface area contributed by atoms with Gasteiger partial charge in [0.2, 0.25) is 0 Å². The molecule has 8 aromatic carbocycles. The molecule has 0 aliphatic rings. The molecule has 0 fully saturated rings. The first-order valence-corrected chi connectivity index (χ1v) is 18.9. The zero-order valence-corrected chi connectivity index (χ0v) is 34.7. The monoisotopic (exact) mass is 1080 g/mol. The van der Waals surface area contributed by atoms with E-state index in [0.717, 1.165) is 0 Å². The summed E-state index contributed by atoms with van der Waals surface area (Å²) in [6.45, 7) is 0. The molecule has 0 aliphatic heterocycles. The SMILES string of the molecule is C[NH+](C)C.Fc1c(F)c(F)c2c(F)c([B-](c3c(F)c(F)c4c(F)c(F)c(F)c(F)c4c3F)(c3c(F)c(F)c4c(F)c(F)c(F)c(F)c4c3F)c3c(F)c(F)c4c(F)c(F)c(F)c(F)c4c3F)c(F)c(F)c2c1F. The summed E-state index contributed by atoms with van der Waals surface area (Å²) < 4.78 is 442. The predicted octanol–water partition coefficient (Wildman–Crippen LogP) is 10.3. The largest absolute Gasteiger partial charge is 0.342 e. The fraction of sp³-hybridized carbons (Fsp3) is 0.0698. The summed E-state index contributed by atoms with van der Waals surface area (Å²) in [5.74, 6) is -102. The Morgan fingerprint density at radius 1 is 0.164 bits per heavy atom. The molecule has 0 saturated carbocycles. The molecule has 8 aromatic rings. The molecule has 386 valence electrons. The summed E-state index contributed by atoms with van der Waals surface area (Å²) in [5, 5.41) is -25.0. The van der Waals surface area contributed by atoms with E-state index in [-0.39, 0.29) is 0 Å². The summed E-state index contributed by atoms with van der Waals surface area (Å²) in [5.41, 5.74) is -15.9. The second-order valence-corrected chi connectivity index (χ2v) is 15.8. The first-order chi connectivity index (χ1) is 33.7. The molecule has 1 N–H and O–H groups in total. The standard InChI is InChI=1S/C40BF28.C3H9N/c42-13-1-5(25(54)37(66)33(62)21(1)50)17(46)29(58)9(13)41(10-14(43)2-6(18(47)30(10)59)26(55)38(67)34(63)22(2)51,11-15(44)3-7(19(48)31(11)60)27(56)39(68)35(64)23(3)52)12-16(45)4-8(20(49)32(12)61)28(57)40(69)36(65)24(4)53;1-4(2)3/h;1-3H3/q-1;/p+1. The van der Waals surface area contributed by atoms with Gasteiger partial charge in [-0.3, -0.25) is 0 Å². The molecule has 0 saturated heterocycles. The van der Waals surface area contributed by atoms with Crippen LogP contribution in [0.2, 0.25) is 0 Å². The quantitative estimate of drug-likeness (QED) is 0.0776. The minimum Gasteiger partial charge on any atom is -0.342 e. The van der Waals surface area contributed by atoms with Crippen molar-refractivity contribution in [1.29, 1.82) is 0 Å². The van der Waals surface area contributed by atoms with E-state index in [4.69, 9.17) is 0 Å². The predicted molar refractivity (Wildman–Crippen MR) is 198 cm³/mol. The average Bonchev–Trinajstić information content (AvgIpc) is 3.32. The van der Waals surface area contributed by atoms with Crippen LogP contribution in [0.5, 0.6) is 0 Å². The molecular weight excluding hydrogens is 1070 g/mol. The number of hydrogen-bond acceptors (Lipinski definition) is 0. The lowest BCUT2D eigenvalue weighted by atomic mass is 9.12. The molecule has 0 bridgehead atoms. The molecule has 0 amide bonds. The molecule has 73 heavy (non-hydrogen) atoms. The van der Waals surface area contributed by atoms with Crippen LogP contribution >= 0.6 is 0 Å².